The average Bonchev–Trinajstić information content (AvgIpc) is 2.21. The van der Waals surface area contributed by atoms with E-state index in [1.165, 1.54) is 5.32 Å². The Bertz CT molecular complexity index is 402. The normalized spacial score (nSPS) is 26.4. The van der Waals surface area contributed by atoms with E-state index in [2.05, 4.69) is 4.74 Å². The second kappa shape index (κ2) is 4.11. The highest BCUT2D eigenvalue weighted by Gasteiger charge is 2.32. The van der Waals surface area contributed by atoms with Crippen molar-refractivity contribution in [3.05, 3.63) is 0 Å². The van der Waals surface area contributed by atoms with Gasteiger partial charge >= 0.3 is 12.1 Å². The lowest BCUT2D eigenvalue weighted by atomic mass is 9.87. The van der Waals surface area contributed by atoms with E-state index in [4.69, 9.17) is 17.4 Å². The first-order valence-electron chi connectivity index (χ1n) is 7.61. The quantitative estimate of drug-likeness (QED) is 0.689. The van der Waals surface area contributed by atoms with Crippen molar-refractivity contribution in [2.24, 2.45) is 5.41 Å². The van der Waals surface area contributed by atoms with Crippen molar-refractivity contribution in [2.75, 3.05) is 7.11 Å². The van der Waals surface area contributed by atoms with Crippen LogP contribution in [0.15, 0.2) is 0 Å². The standard InChI is InChI=1S/C8H15NO4/c1-8(2,3)5(6(10)11)9-7(12)13-4/h5H,1-4H3,(H,9,12)(H,10,11)/t5-/m1/s1/i1D3,2D3,3D3. The SMILES string of the molecule is [2H]C([2H])([2H])C([C@H](NC(=O)OC)C(=O)O)(C([2H])([2H])[2H])C([2H])([2H])[2H]. The van der Waals surface area contributed by atoms with Crippen LogP contribution in [-0.2, 0) is 9.53 Å². The third kappa shape index (κ3) is 3.78. The van der Waals surface area contributed by atoms with Gasteiger partial charge in [-0.05, 0) is 5.41 Å². The van der Waals surface area contributed by atoms with Gasteiger partial charge in [-0.3, -0.25) is 0 Å². The number of carboxylic acid groups (broad SMARTS) is 1. The number of rotatable bonds is 2. The number of ether oxygens (including phenoxy) is 1. The maximum absolute atomic E-state index is 11.3. The molecule has 1 amide bonds. The van der Waals surface area contributed by atoms with E-state index >= 15 is 0 Å². The topological polar surface area (TPSA) is 75.6 Å². The number of hydrogen-bond donors (Lipinski definition) is 2. The highest BCUT2D eigenvalue weighted by Crippen LogP contribution is 2.19. The molecule has 0 aromatic carbocycles. The zero-order chi connectivity index (χ0) is 18.1. The first-order valence-corrected chi connectivity index (χ1v) is 3.11. The molecule has 2 N–H and O–H groups in total. The molecule has 76 valence electrons. The molecule has 1 atom stereocenters. The largest absolute Gasteiger partial charge is 0.480 e. The zero-order valence-electron chi connectivity index (χ0n) is 15.7. The summed E-state index contributed by atoms with van der Waals surface area (Å²) < 4.78 is 70.1. The van der Waals surface area contributed by atoms with E-state index in [1.807, 2.05) is 0 Å². The van der Waals surface area contributed by atoms with Crippen LogP contribution in [0.4, 0.5) is 4.79 Å². The number of carbonyl (C=O) groups is 2. The lowest BCUT2D eigenvalue weighted by molar-refractivity contribution is -0.142. The van der Waals surface area contributed by atoms with Gasteiger partial charge in [-0.25, -0.2) is 9.59 Å². The highest BCUT2D eigenvalue weighted by atomic mass is 16.5. The van der Waals surface area contributed by atoms with Crippen molar-refractivity contribution in [3.63, 3.8) is 0 Å². The maximum atomic E-state index is 11.3. The van der Waals surface area contributed by atoms with E-state index in [0.29, 0.717) is 0 Å². The lowest BCUT2D eigenvalue weighted by Crippen LogP contribution is -2.49. The van der Waals surface area contributed by atoms with Gasteiger partial charge in [0.15, 0.2) is 0 Å². The molecule has 0 radical (unpaired) electrons. The van der Waals surface area contributed by atoms with Gasteiger partial charge < -0.3 is 15.2 Å². The Morgan fingerprint density at radius 2 is 2.08 bits per heavy atom. The predicted molar refractivity (Wildman–Crippen MR) is 46.4 cm³/mol. The van der Waals surface area contributed by atoms with Crippen LogP contribution in [0.2, 0.25) is 0 Å². The summed E-state index contributed by atoms with van der Waals surface area (Å²) in [6, 6.07) is -2.76. The number of alkyl carbamates (subject to hydrolysis) is 1. The fourth-order valence-electron chi connectivity index (χ4n) is 0.532. The lowest BCUT2D eigenvalue weighted by Gasteiger charge is -2.26. The molecule has 0 rings (SSSR count). The molecule has 0 aromatic heterocycles. The Morgan fingerprint density at radius 1 is 1.54 bits per heavy atom. The van der Waals surface area contributed by atoms with Gasteiger partial charge in [0.2, 0.25) is 0 Å². The Morgan fingerprint density at radius 3 is 2.38 bits per heavy atom. The van der Waals surface area contributed by atoms with Crippen molar-refractivity contribution in [2.45, 2.75) is 26.6 Å². The number of amides is 1. The van der Waals surface area contributed by atoms with Gasteiger partial charge in [-0.2, -0.15) is 0 Å². The van der Waals surface area contributed by atoms with Crippen molar-refractivity contribution < 1.29 is 31.8 Å². The number of carbonyl (C=O) groups excluding carboxylic acids is 1. The van der Waals surface area contributed by atoms with Gasteiger partial charge in [-0.1, -0.05) is 20.6 Å². The van der Waals surface area contributed by atoms with Crippen LogP contribution >= 0.6 is 0 Å². The third-order valence-corrected chi connectivity index (χ3v) is 1.13. The number of methoxy groups -OCH3 is 1. The second-order valence-electron chi connectivity index (χ2n) is 2.22. The minimum atomic E-state index is -3.76. The third-order valence-electron chi connectivity index (χ3n) is 1.13. The first-order chi connectivity index (χ1) is 9.54. The molecule has 5 heteroatoms. The smallest absolute Gasteiger partial charge is 0.407 e. The number of hydrogen-bond acceptors (Lipinski definition) is 3. The van der Waals surface area contributed by atoms with Gasteiger partial charge in [-0.15, -0.1) is 0 Å². The molecule has 0 fully saturated rings. The summed E-state index contributed by atoms with van der Waals surface area (Å²) in [5.74, 6) is -2.13. The summed E-state index contributed by atoms with van der Waals surface area (Å²) in [4.78, 5) is 22.5. The summed E-state index contributed by atoms with van der Waals surface area (Å²) in [7, 11) is 0.815. The van der Waals surface area contributed by atoms with Crippen molar-refractivity contribution >= 4 is 12.1 Å². The molecule has 0 aliphatic rings. The first kappa shape index (κ1) is 3.48. The van der Waals surface area contributed by atoms with Gasteiger partial charge in [0.25, 0.3) is 0 Å². The van der Waals surface area contributed by atoms with Crippen LogP contribution in [0.5, 0.6) is 0 Å². The minimum Gasteiger partial charge on any atom is -0.480 e. The van der Waals surface area contributed by atoms with E-state index in [9.17, 15) is 9.59 Å². The average molecular weight is 198 g/mol. The molecule has 0 bridgehead atoms. The van der Waals surface area contributed by atoms with Crippen LogP contribution in [0.1, 0.15) is 32.9 Å². The molecule has 0 unspecified atom stereocenters. The summed E-state index contributed by atoms with van der Waals surface area (Å²) in [6.07, 6.45) is -1.48. The van der Waals surface area contributed by atoms with Crippen molar-refractivity contribution in [1.82, 2.24) is 5.32 Å². The minimum absolute atomic E-state index is 0.815. The van der Waals surface area contributed by atoms with Gasteiger partial charge in [0.05, 0.1) is 7.11 Å². The van der Waals surface area contributed by atoms with E-state index in [0.717, 1.165) is 7.11 Å². The fraction of sp³-hybridized carbons (Fsp3) is 0.750. The van der Waals surface area contributed by atoms with E-state index < -0.39 is 44.1 Å². The van der Waals surface area contributed by atoms with Gasteiger partial charge in [0, 0.05) is 12.3 Å². The van der Waals surface area contributed by atoms with E-state index in [1.54, 1.807) is 0 Å². The molecule has 5 nitrogen and oxygen atoms in total. The Balaban J connectivity index is 6.60. The molecule has 13 heavy (non-hydrogen) atoms. The predicted octanol–water partition coefficient (Wildman–Crippen LogP) is 0.842. The van der Waals surface area contributed by atoms with Crippen LogP contribution in [0.3, 0.4) is 0 Å². The molecule has 0 aliphatic heterocycles. The van der Waals surface area contributed by atoms with Crippen LogP contribution < -0.4 is 5.32 Å². The second-order valence-corrected chi connectivity index (χ2v) is 2.22. The summed E-state index contributed by atoms with van der Waals surface area (Å²) >= 11 is 0. The Hall–Kier alpha value is -1.26. The van der Waals surface area contributed by atoms with Crippen LogP contribution in [0.25, 0.3) is 0 Å². The molecule has 0 saturated heterocycles. The number of nitrogens with one attached hydrogen (secondary N) is 1. The monoisotopic (exact) mass is 198 g/mol. The van der Waals surface area contributed by atoms with Crippen molar-refractivity contribution in [1.29, 1.82) is 0 Å². The molecular weight excluding hydrogens is 174 g/mol. The van der Waals surface area contributed by atoms with Crippen LogP contribution in [-0.4, -0.2) is 30.3 Å². The van der Waals surface area contributed by atoms with Crippen molar-refractivity contribution in [3.8, 4) is 0 Å². The highest BCUT2D eigenvalue weighted by molar-refractivity contribution is 5.80. The fourth-order valence-corrected chi connectivity index (χ4v) is 0.532. The zero-order valence-corrected chi connectivity index (χ0v) is 6.75. The molecule has 0 spiro atoms. The Kier molecular flexibility index (Phi) is 1.10. The molecule has 0 heterocycles. The molecular formula is C8H15NO4. The molecule has 0 saturated carbocycles. The molecule has 0 aliphatic carbocycles. The summed E-state index contributed by atoms with van der Waals surface area (Å²) in [5, 5.41) is 10.6. The number of carboxylic acids is 1. The molecule has 0 aromatic rings. The Labute approximate surface area is 89.7 Å². The van der Waals surface area contributed by atoms with Crippen LogP contribution in [0, 0.1) is 5.41 Å². The maximum Gasteiger partial charge on any atom is 0.407 e. The van der Waals surface area contributed by atoms with Gasteiger partial charge in [0.1, 0.15) is 6.04 Å². The van der Waals surface area contributed by atoms with E-state index in [-0.39, 0.29) is 0 Å². The number of aliphatic carboxylic acids is 1. The summed E-state index contributed by atoms with van der Waals surface area (Å²) in [6.45, 7) is -11.3. The summed E-state index contributed by atoms with van der Waals surface area (Å²) in [5.41, 5.74) is -3.73.